The van der Waals surface area contributed by atoms with Gasteiger partial charge in [0.25, 0.3) is 0 Å². The van der Waals surface area contributed by atoms with E-state index in [0.29, 0.717) is 12.0 Å². The van der Waals surface area contributed by atoms with Crippen molar-refractivity contribution < 1.29 is 4.74 Å². The van der Waals surface area contributed by atoms with E-state index in [9.17, 15) is 0 Å². The van der Waals surface area contributed by atoms with E-state index in [4.69, 9.17) is 27.8 Å². The fraction of sp³-hybridized carbons (Fsp3) is 0.467. The molecule has 4 nitrogen and oxygen atoms in total. The van der Waals surface area contributed by atoms with E-state index in [1.165, 1.54) is 22.3 Å². The Hall–Kier alpha value is -2.27. The summed E-state index contributed by atoms with van der Waals surface area (Å²) >= 11 is 6.66. The number of nitrogens with two attached hydrogens (primary N) is 2. The van der Waals surface area contributed by atoms with Gasteiger partial charge in [-0.3, -0.25) is 0 Å². The van der Waals surface area contributed by atoms with Crippen molar-refractivity contribution in [1.82, 2.24) is 4.90 Å². The molecule has 2 aliphatic carbocycles. The van der Waals surface area contributed by atoms with Crippen LogP contribution < -0.4 is 16.2 Å². The van der Waals surface area contributed by atoms with Crippen LogP contribution in [0.5, 0.6) is 5.75 Å². The SMILES string of the molecule is C[C@@H](CCCCN)c1ccc(Cl)c(CN2C=C(C3(N)CC3)C(c3ccccc3OC3CC3)=CC2)c1. The molecule has 0 radical (unpaired) electrons. The standard InChI is InChI=1S/C30H38ClN3O/c1-21(6-4-5-16-32)22-9-12-28(31)23(18-22)19-34-17-13-25(27(20-34)30(33)14-15-30)26-7-2-3-8-29(26)35-24-10-11-24/h2-3,7-9,12-13,18,20-21,24H,4-6,10-11,14-17,19,32-33H2,1H3/t21-/m0/s1. The van der Waals surface area contributed by atoms with Crippen molar-refractivity contribution in [2.75, 3.05) is 13.1 Å². The van der Waals surface area contributed by atoms with Crippen LogP contribution in [0.1, 0.15) is 74.5 Å². The highest BCUT2D eigenvalue weighted by Gasteiger charge is 2.45. The van der Waals surface area contributed by atoms with Gasteiger partial charge in [-0.25, -0.2) is 0 Å². The molecule has 186 valence electrons. The van der Waals surface area contributed by atoms with Crippen LogP contribution in [0.3, 0.4) is 0 Å². The number of nitrogens with zero attached hydrogens (tertiary/aromatic N) is 1. The van der Waals surface area contributed by atoms with Crippen LogP contribution in [0.4, 0.5) is 0 Å². The molecule has 2 fully saturated rings. The van der Waals surface area contributed by atoms with Gasteiger partial charge in [0.2, 0.25) is 0 Å². The molecule has 5 rings (SSSR count). The molecule has 4 N–H and O–H groups in total. The van der Waals surface area contributed by atoms with Crippen molar-refractivity contribution in [3.8, 4) is 5.75 Å². The van der Waals surface area contributed by atoms with Crippen LogP contribution in [0, 0.1) is 0 Å². The van der Waals surface area contributed by atoms with Crippen molar-refractivity contribution in [3.05, 3.63) is 82.0 Å². The molecular weight excluding hydrogens is 454 g/mol. The second-order valence-electron chi connectivity index (χ2n) is 10.6. The Labute approximate surface area is 215 Å². The molecule has 2 aromatic rings. The lowest BCUT2D eigenvalue weighted by Gasteiger charge is -2.31. The quantitative estimate of drug-likeness (QED) is 0.357. The number of ether oxygens (including phenoxy) is 1. The molecule has 2 aromatic carbocycles. The van der Waals surface area contributed by atoms with Crippen LogP contribution >= 0.6 is 11.6 Å². The first kappa shape index (κ1) is 24.4. The van der Waals surface area contributed by atoms with E-state index < -0.39 is 0 Å². The van der Waals surface area contributed by atoms with E-state index in [2.05, 4.69) is 66.6 Å². The maximum absolute atomic E-state index is 6.81. The molecule has 0 aromatic heterocycles. The minimum absolute atomic E-state index is 0.250. The Kier molecular flexibility index (Phi) is 7.24. The van der Waals surface area contributed by atoms with Gasteiger partial charge in [0, 0.05) is 35.4 Å². The van der Waals surface area contributed by atoms with Gasteiger partial charge in [0.1, 0.15) is 5.75 Å². The zero-order valence-electron chi connectivity index (χ0n) is 20.8. The van der Waals surface area contributed by atoms with Crippen molar-refractivity contribution in [2.45, 2.75) is 76.0 Å². The number of unbranched alkanes of at least 4 members (excludes halogenated alkanes) is 1. The average molecular weight is 492 g/mol. The van der Waals surface area contributed by atoms with Gasteiger partial charge < -0.3 is 21.1 Å². The number of benzene rings is 2. The molecule has 0 spiro atoms. The normalized spacial score (nSPS) is 19.7. The minimum Gasteiger partial charge on any atom is -0.490 e. The molecule has 0 bridgehead atoms. The molecule has 5 heteroatoms. The predicted octanol–water partition coefficient (Wildman–Crippen LogP) is 6.39. The summed E-state index contributed by atoms with van der Waals surface area (Å²) in [6, 6.07) is 14.9. The first-order valence-electron chi connectivity index (χ1n) is 13.2. The Morgan fingerprint density at radius 3 is 2.69 bits per heavy atom. The minimum atomic E-state index is -0.250. The summed E-state index contributed by atoms with van der Waals surface area (Å²) < 4.78 is 6.25. The number of hydrogen-bond donors (Lipinski definition) is 2. The second kappa shape index (κ2) is 10.4. The maximum atomic E-state index is 6.81. The maximum Gasteiger partial charge on any atom is 0.127 e. The lowest BCUT2D eigenvalue weighted by molar-refractivity contribution is 0.302. The van der Waals surface area contributed by atoms with E-state index in [1.807, 2.05) is 0 Å². The zero-order chi connectivity index (χ0) is 24.4. The molecule has 0 saturated heterocycles. The van der Waals surface area contributed by atoms with Crippen LogP contribution in [-0.2, 0) is 6.54 Å². The third kappa shape index (κ3) is 5.77. The zero-order valence-corrected chi connectivity index (χ0v) is 21.6. The highest BCUT2D eigenvalue weighted by Crippen LogP contribution is 2.48. The molecule has 1 aliphatic heterocycles. The summed E-state index contributed by atoms with van der Waals surface area (Å²) in [5, 5.41) is 0.824. The highest BCUT2D eigenvalue weighted by atomic mass is 35.5. The largest absolute Gasteiger partial charge is 0.490 e. The number of hydrogen-bond acceptors (Lipinski definition) is 4. The smallest absolute Gasteiger partial charge is 0.127 e. The monoisotopic (exact) mass is 491 g/mol. The van der Waals surface area contributed by atoms with E-state index in [-0.39, 0.29) is 5.54 Å². The third-order valence-electron chi connectivity index (χ3n) is 7.56. The number of rotatable bonds is 11. The van der Waals surface area contributed by atoms with Gasteiger partial charge in [-0.1, -0.05) is 61.4 Å². The Balaban J connectivity index is 1.37. The van der Waals surface area contributed by atoms with Gasteiger partial charge in [0.15, 0.2) is 0 Å². The molecule has 35 heavy (non-hydrogen) atoms. The van der Waals surface area contributed by atoms with Crippen LogP contribution in [0.25, 0.3) is 5.57 Å². The van der Waals surface area contributed by atoms with E-state index in [0.717, 1.165) is 80.9 Å². The lowest BCUT2D eigenvalue weighted by Crippen LogP contribution is -2.31. The molecule has 3 aliphatic rings. The molecule has 1 atom stereocenters. The average Bonchev–Trinajstić information content (AvgIpc) is 3.80. The van der Waals surface area contributed by atoms with Gasteiger partial charge in [0.05, 0.1) is 6.10 Å². The Morgan fingerprint density at radius 1 is 1.14 bits per heavy atom. The summed E-state index contributed by atoms with van der Waals surface area (Å²) in [6.07, 6.45) is 12.7. The van der Waals surface area contributed by atoms with Gasteiger partial charge >= 0.3 is 0 Å². The predicted molar refractivity (Wildman–Crippen MR) is 145 cm³/mol. The van der Waals surface area contributed by atoms with Crippen LogP contribution in [0.15, 0.2) is 60.3 Å². The summed E-state index contributed by atoms with van der Waals surface area (Å²) in [4.78, 5) is 2.35. The summed E-state index contributed by atoms with van der Waals surface area (Å²) in [5.41, 5.74) is 18.4. The summed E-state index contributed by atoms with van der Waals surface area (Å²) in [6.45, 7) is 4.65. The van der Waals surface area contributed by atoms with Gasteiger partial charge in [-0.05, 0) is 85.4 Å². The van der Waals surface area contributed by atoms with Crippen molar-refractivity contribution in [2.24, 2.45) is 11.5 Å². The number of para-hydroxylation sites is 1. The van der Waals surface area contributed by atoms with Crippen molar-refractivity contribution in [3.63, 3.8) is 0 Å². The molecule has 0 amide bonds. The Bertz CT molecular complexity index is 1120. The molecule has 0 unspecified atom stereocenters. The fourth-order valence-corrected chi connectivity index (χ4v) is 5.13. The van der Waals surface area contributed by atoms with Crippen molar-refractivity contribution in [1.29, 1.82) is 0 Å². The van der Waals surface area contributed by atoms with E-state index >= 15 is 0 Å². The van der Waals surface area contributed by atoms with Crippen molar-refractivity contribution >= 4 is 17.2 Å². The van der Waals surface area contributed by atoms with Crippen LogP contribution in [0.2, 0.25) is 5.02 Å². The van der Waals surface area contributed by atoms with Gasteiger partial charge in [-0.15, -0.1) is 0 Å². The third-order valence-corrected chi connectivity index (χ3v) is 7.92. The van der Waals surface area contributed by atoms with E-state index in [1.54, 1.807) is 0 Å². The summed E-state index contributed by atoms with van der Waals surface area (Å²) in [5.74, 6) is 1.47. The first-order chi connectivity index (χ1) is 17.0. The van der Waals surface area contributed by atoms with Crippen LogP contribution in [-0.4, -0.2) is 29.6 Å². The number of halogens is 1. The molecule has 1 heterocycles. The lowest BCUT2D eigenvalue weighted by atomic mass is 9.89. The topological polar surface area (TPSA) is 64.5 Å². The summed E-state index contributed by atoms with van der Waals surface area (Å²) in [7, 11) is 0. The fourth-order valence-electron chi connectivity index (χ4n) is 4.95. The first-order valence-corrected chi connectivity index (χ1v) is 13.5. The molecular formula is C30H38ClN3O. The Morgan fingerprint density at radius 2 is 1.94 bits per heavy atom. The second-order valence-corrected chi connectivity index (χ2v) is 11.0. The highest BCUT2D eigenvalue weighted by molar-refractivity contribution is 6.31. The van der Waals surface area contributed by atoms with Gasteiger partial charge in [-0.2, -0.15) is 0 Å². The molecule has 2 saturated carbocycles.